The Hall–Kier alpha value is -3.28. The third kappa shape index (κ3) is 3.97. The number of aromatic nitrogens is 2. The highest BCUT2D eigenvalue weighted by Gasteiger charge is 2.23. The number of carbonyl (C=O) groups excluding carboxylic acids is 1. The zero-order chi connectivity index (χ0) is 20.4. The molecule has 6 heteroatoms. The van der Waals surface area contributed by atoms with Crippen LogP contribution in [0.2, 0.25) is 0 Å². The molecule has 0 atom stereocenters. The zero-order valence-electron chi connectivity index (χ0n) is 17.1. The van der Waals surface area contributed by atoms with Gasteiger partial charge in [-0.1, -0.05) is 6.07 Å². The minimum Gasteiger partial charge on any atom is -0.497 e. The Morgan fingerprint density at radius 3 is 2.34 bits per heavy atom. The SMILES string of the molecule is COc1ccc(-c2cc(N3CCN(C(=O)c4ccc(C)c(C)c4)CC3)n[nH]2)cc1. The summed E-state index contributed by atoms with van der Waals surface area (Å²) in [7, 11) is 1.66. The van der Waals surface area contributed by atoms with Crippen LogP contribution >= 0.6 is 0 Å². The lowest BCUT2D eigenvalue weighted by atomic mass is 10.1. The van der Waals surface area contributed by atoms with Gasteiger partial charge in [-0.05, 0) is 66.9 Å². The Morgan fingerprint density at radius 2 is 1.69 bits per heavy atom. The number of aromatic amines is 1. The maximum Gasteiger partial charge on any atom is 0.253 e. The number of amides is 1. The highest BCUT2D eigenvalue weighted by atomic mass is 16.5. The molecule has 0 aliphatic carbocycles. The number of anilines is 1. The number of methoxy groups -OCH3 is 1. The molecular formula is C23H26N4O2. The average molecular weight is 390 g/mol. The molecule has 1 aliphatic rings. The molecule has 0 spiro atoms. The van der Waals surface area contributed by atoms with Crippen LogP contribution in [0.1, 0.15) is 21.5 Å². The van der Waals surface area contributed by atoms with E-state index in [4.69, 9.17) is 4.74 Å². The van der Waals surface area contributed by atoms with Gasteiger partial charge in [-0.3, -0.25) is 9.89 Å². The molecule has 1 aromatic heterocycles. The number of hydrogen-bond acceptors (Lipinski definition) is 4. The fraction of sp³-hybridized carbons (Fsp3) is 0.304. The predicted octanol–water partition coefficient (Wildman–Crippen LogP) is 3.66. The van der Waals surface area contributed by atoms with Gasteiger partial charge in [-0.2, -0.15) is 5.10 Å². The number of carbonyl (C=O) groups is 1. The van der Waals surface area contributed by atoms with Crippen LogP contribution in [-0.2, 0) is 0 Å². The molecular weight excluding hydrogens is 364 g/mol. The van der Waals surface area contributed by atoms with Crippen molar-refractivity contribution in [2.45, 2.75) is 13.8 Å². The molecule has 3 aromatic rings. The Labute approximate surface area is 171 Å². The van der Waals surface area contributed by atoms with Crippen molar-refractivity contribution in [1.82, 2.24) is 15.1 Å². The van der Waals surface area contributed by atoms with Gasteiger partial charge in [-0.15, -0.1) is 0 Å². The first-order valence-corrected chi connectivity index (χ1v) is 9.86. The molecule has 0 radical (unpaired) electrons. The first kappa shape index (κ1) is 19.1. The van der Waals surface area contributed by atoms with Gasteiger partial charge in [0.25, 0.3) is 5.91 Å². The molecule has 6 nitrogen and oxygen atoms in total. The van der Waals surface area contributed by atoms with E-state index in [1.807, 2.05) is 54.3 Å². The van der Waals surface area contributed by atoms with E-state index in [1.54, 1.807) is 7.11 Å². The van der Waals surface area contributed by atoms with Crippen molar-refractivity contribution in [3.8, 4) is 17.0 Å². The Morgan fingerprint density at radius 1 is 0.966 bits per heavy atom. The van der Waals surface area contributed by atoms with E-state index in [1.165, 1.54) is 5.56 Å². The lowest BCUT2D eigenvalue weighted by Gasteiger charge is -2.34. The van der Waals surface area contributed by atoms with Crippen LogP contribution in [0.3, 0.4) is 0 Å². The number of aryl methyl sites for hydroxylation is 2. The van der Waals surface area contributed by atoms with Crippen molar-refractivity contribution in [1.29, 1.82) is 0 Å². The van der Waals surface area contributed by atoms with Gasteiger partial charge in [0, 0.05) is 37.8 Å². The van der Waals surface area contributed by atoms with Gasteiger partial charge in [0.15, 0.2) is 5.82 Å². The molecule has 150 valence electrons. The van der Waals surface area contributed by atoms with Crippen LogP contribution in [0.4, 0.5) is 5.82 Å². The molecule has 0 unspecified atom stereocenters. The second-order valence-corrected chi connectivity index (χ2v) is 7.45. The Bertz CT molecular complexity index is 1000. The lowest BCUT2D eigenvalue weighted by Crippen LogP contribution is -2.49. The average Bonchev–Trinajstić information content (AvgIpc) is 3.25. The highest BCUT2D eigenvalue weighted by Crippen LogP contribution is 2.25. The molecule has 1 fully saturated rings. The number of hydrogen-bond donors (Lipinski definition) is 1. The van der Waals surface area contributed by atoms with Crippen molar-refractivity contribution in [3.63, 3.8) is 0 Å². The van der Waals surface area contributed by atoms with Crippen LogP contribution in [-0.4, -0.2) is 54.3 Å². The summed E-state index contributed by atoms with van der Waals surface area (Å²) in [5.41, 5.74) is 5.15. The second kappa shape index (κ2) is 7.99. The summed E-state index contributed by atoms with van der Waals surface area (Å²) >= 11 is 0. The maximum atomic E-state index is 12.8. The molecule has 1 N–H and O–H groups in total. The normalized spacial score (nSPS) is 14.2. The maximum absolute atomic E-state index is 12.8. The number of ether oxygens (including phenoxy) is 1. The Balaban J connectivity index is 1.40. The van der Waals surface area contributed by atoms with E-state index in [2.05, 4.69) is 28.1 Å². The summed E-state index contributed by atoms with van der Waals surface area (Å²) in [5, 5.41) is 7.59. The minimum absolute atomic E-state index is 0.105. The van der Waals surface area contributed by atoms with E-state index in [-0.39, 0.29) is 5.91 Å². The minimum atomic E-state index is 0.105. The van der Waals surface area contributed by atoms with Crippen molar-refractivity contribution >= 4 is 11.7 Å². The van der Waals surface area contributed by atoms with Gasteiger partial charge in [0.1, 0.15) is 5.75 Å². The van der Waals surface area contributed by atoms with Gasteiger partial charge in [0.05, 0.1) is 12.8 Å². The summed E-state index contributed by atoms with van der Waals surface area (Å²) in [6.07, 6.45) is 0. The van der Waals surface area contributed by atoms with Crippen molar-refractivity contribution in [2.75, 3.05) is 38.2 Å². The van der Waals surface area contributed by atoms with E-state index in [0.29, 0.717) is 13.1 Å². The second-order valence-electron chi connectivity index (χ2n) is 7.45. The van der Waals surface area contributed by atoms with Crippen molar-refractivity contribution in [3.05, 3.63) is 65.2 Å². The highest BCUT2D eigenvalue weighted by molar-refractivity contribution is 5.94. The Kier molecular flexibility index (Phi) is 5.25. The molecule has 4 rings (SSSR count). The number of benzene rings is 2. The molecule has 29 heavy (non-hydrogen) atoms. The zero-order valence-corrected chi connectivity index (χ0v) is 17.1. The van der Waals surface area contributed by atoms with E-state index in [0.717, 1.165) is 47.0 Å². The third-order valence-corrected chi connectivity index (χ3v) is 5.61. The largest absolute Gasteiger partial charge is 0.497 e. The topological polar surface area (TPSA) is 61.5 Å². The van der Waals surface area contributed by atoms with Gasteiger partial charge < -0.3 is 14.5 Å². The summed E-state index contributed by atoms with van der Waals surface area (Å²) < 4.78 is 5.21. The number of H-pyrrole nitrogens is 1. The summed E-state index contributed by atoms with van der Waals surface area (Å²) in [6.45, 7) is 7.02. The number of piperazine rings is 1. The fourth-order valence-electron chi connectivity index (χ4n) is 3.59. The fourth-order valence-corrected chi connectivity index (χ4v) is 3.59. The summed E-state index contributed by atoms with van der Waals surface area (Å²) in [6, 6.07) is 15.9. The molecule has 0 saturated carbocycles. The first-order chi connectivity index (χ1) is 14.0. The van der Waals surface area contributed by atoms with E-state index in [9.17, 15) is 4.79 Å². The van der Waals surface area contributed by atoms with E-state index < -0.39 is 0 Å². The predicted molar refractivity (Wildman–Crippen MR) is 115 cm³/mol. The molecule has 1 saturated heterocycles. The molecule has 2 aromatic carbocycles. The third-order valence-electron chi connectivity index (χ3n) is 5.61. The molecule has 1 amide bonds. The molecule has 0 bridgehead atoms. The van der Waals surface area contributed by atoms with Crippen LogP contribution in [0.5, 0.6) is 5.75 Å². The molecule has 2 heterocycles. The number of rotatable bonds is 4. The van der Waals surface area contributed by atoms with Crippen molar-refractivity contribution < 1.29 is 9.53 Å². The quantitative estimate of drug-likeness (QED) is 0.738. The van der Waals surface area contributed by atoms with Crippen molar-refractivity contribution in [2.24, 2.45) is 0 Å². The monoisotopic (exact) mass is 390 g/mol. The first-order valence-electron chi connectivity index (χ1n) is 9.86. The molecule has 1 aliphatic heterocycles. The number of nitrogens with one attached hydrogen (secondary N) is 1. The van der Waals surface area contributed by atoms with Crippen LogP contribution in [0.25, 0.3) is 11.3 Å². The van der Waals surface area contributed by atoms with Gasteiger partial charge in [0.2, 0.25) is 0 Å². The van der Waals surface area contributed by atoms with Gasteiger partial charge in [-0.25, -0.2) is 0 Å². The summed E-state index contributed by atoms with van der Waals surface area (Å²) in [5.74, 6) is 1.85. The van der Waals surface area contributed by atoms with Crippen LogP contribution in [0, 0.1) is 13.8 Å². The smallest absolute Gasteiger partial charge is 0.253 e. The lowest BCUT2D eigenvalue weighted by molar-refractivity contribution is 0.0746. The standard InChI is InChI=1S/C23H26N4O2/c1-16-4-5-19(14-17(16)2)23(28)27-12-10-26(11-13-27)22-15-21(24-25-22)18-6-8-20(29-3)9-7-18/h4-9,14-15H,10-13H2,1-3H3,(H,24,25). The summed E-state index contributed by atoms with van der Waals surface area (Å²) in [4.78, 5) is 17.0. The van der Waals surface area contributed by atoms with Crippen LogP contribution in [0.15, 0.2) is 48.5 Å². The van der Waals surface area contributed by atoms with E-state index >= 15 is 0 Å². The van der Waals surface area contributed by atoms with Gasteiger partial charge >= 0.3 is 0 Å². The van der Waals surface area contributed by atoms with Crippen LogP contribution < -0.4 is 9.64 Å². The number of nitrogens with zero attached hydrogens (tertiary/aromatic N) is 3.